The standard InChI is InChI=1S/C23H26N4O2S/c1-15-14-17(16(2)27(15)19-9-4-5-10-20(19)28)22-21(18-8-6-7-11-24-18)25-23(30)26(22)12-13-29-3/h4-11,14,21-22,28H,12-13H2,1-3H3,(H,25,30). The maximum Gasteiger partial charge on any atom is 0.170 e. The van der Waals surface area contributed by atoms with E-state index in [-0.39, 0.29) is 17.8 Å². The summed E-state index contributed by atoms with van der Waals surface area (Å²) >= 11 is 5.69. The van der Waals surface area contributed by atoms with Crippen LogP contribution in [-0.4, -0.2) is 44.9 Å². The molecule has 3 aromatic rings. The molecule has 1 aromatic carbocycles. The molecule has 0 spiro atoms. The Kier molecular flexibility index (Phi) is 5.74. The summed E-state index contributed by atoms with van der Waals surface area (Å²) in [6.07, 6.45) is 1.81. The lowest BCUT2D eigenvalue weighted by molar-refractivity contribution is 0.164. The third-order valence-corrected chi connectivity index (χ3v) is 6.00. The molecule has 0 radical (unpaired) electrons. The minimum absolute atomic E-state index is 0.0339. The third kappa shape index (κ3) is 3.55. The van der Waals surface area contributed by atoms with Gasteiger partial charge in [0.2, 0.25) is 0 Å². The first-order chi connectivity index (χ1) is 14.5. The topological polar surface area (TPSA) is 62.5 Å². The molecule has 2 unspecified atom stereocenters. The molecule has 0 amide bonds. The summed E-state index contributed by atoms with van der Waals surface area (Å²) in [6.45, 7) is 5.39. The van der Waals surface area contributed by atoms with Crippen LogP contribution in [0.2, 0.25) is 0 Å². The number of hydrogen-bond donors (Lipinski definition) is 2. The number of thiocarbonyl (C=S) groups is 1. The number of nitrogens with one attached hydrogen (secondary N) is 1. The molecule has 3 heterocycles. The smallest absolute Gasteiger partial charge is 0.170 e. The summed E-state index contributed by atoms with van der Waals surface area (Å²) in [5, 5.41) is 14.6. The number of benzene rings is 1. The Morgan fingerprint density at radius 2 is 1.93 bits per heavy atom. The Morgan fingerprint density at radius 3 is 2.63 bits per heavy atom. The fraction of sp³-hybridized carbons (Fsp3) is 0.304. The van der Waals surface area contributed by atoms with Crippen LogP contribution in [0, 0.1) is 13.8 Å². The highest BCUT2D eigenvalue weighted by Crippen LogP contribution is 2.41. The molecular formula is C23H26N4O2S. The van der Waals surface area contributed by atoms with Gasteiger partial charge in [-0.2, -0.15) is 0 Å². The monoisotopic (exact) mass is 422 g/mol. The number of ether oxygens (including phenoxy) is 1. The summed E-state index contributed by atoms with van der Waals surface area (Å²) in [5.41, 5.74) is 4.97. The van der Waals surface area contributed by atoms with Gasteiger partial charge < -0.3 is 24.6 Å². The number of phenols is 1. The van der Waals surface area contributed by atoms with Crippen molar-refractivity contribution in [1.82, 2.24) is 19.8 Å². The molecule has 4 rings (SSSR count). The second-order valence-corrected chi connectivity index (χ2v) is 7.85. The normalized spacial score (nSPS) is 18.6. The Hall–Kier alpha value is -2.90. The zero-order chi connectivity index (χ0) is 21.3. The zero-order valence-corrected chi connectivity index (χ0v) is 18.2. The largest absolute Gasteiger partial charge is 0.506 e. The summed E-state index contributed by atoms with van der Waals surface area (Å²) < 4.78 is 7.43. The average molecular weight is 423 g/mol. The van der Waals surface area contributed by atoms with E-state index >= 15 is 0 Å². The first-order valence-corrected chi connectivity index (χ1v) is 10.4. The molecule has 0 saturated carbocycles. The maximum absolute atomic E-state index is 10.4. The number of pyridine rings is 1. The van der Waals surface area contributed by atoms with Gasteiger partial charge in [-0.15, -0.1) is 0 Å². The first-order valence-electron chi connectivity index (χ1n) is 9.97. The molecule has 0 aliphatic carbocycles. The van der Waals surface area contributed by atoms with Crippen LogP contribution >= 0.6 is 12.2 Å². The van der Waals surface area contributed by atoms with Gasteiger partial charge in [0.15, 0.2) is 5.11 Å². The summed E-state index contributed by atoms with van der Waals surface area (Å²) in [5.74, 6) is 0.253. The molecule has 2 N–H and O–H groups in total. The Balaban J connectivity index is 1.83. The number of aryl methyl sites for hydroxylation is 1. The van der Waals surface area contributed by atoms with Crippen molar-refractivity contribution in [2.75, 3.05) is 20.3 Å². The third-order valence-electron chi connectivity index (χ3n) is 5.65. The van der Waals surface area contributed by atoms with Crippen LogP contribution in [0.25, 0.3) is 5.69 Å². The SMILES string of the molecule is COCCN1C(=S)NC(c2ccccn2)C1c1cc(C)n(-c2ccccc2O)c1C. The van der Waals surface area contributed by atoms with Gasteiger partial charge in [-0.1, -0.05) is 18.2 Å². The molecule has 1 aliphatic rings. The predicted molar refractivity (Wildman–Crippen MR) is 121 cm³/mol. The number of aromatic nitrogens is 2. The van der Waals surface area contributed by atoms with Crippen LogP contribution in [0.3, 0.4) is 0 Å². The molecule has 30 heavy (non-hydrogen) atoms. The fourth-order valence-electron chi connectivity index (χ4n) is 4.29. The quantitative estimate of drug-likeness (QED) is 0.589. The van der Waals surface area contributed by atoms with Crippen molar-refractivity contribution in [3.8, 4) is 11.4 Å². The fourth-order valence-corrected chi connectivity index (χ4v) is 4.62. The van der Waals surface area contributed by atoms with Gasteiger partial charge in [0.1, 0.15) is 5.75 Å². The number of rotatable bonds is 6. The molecule has 156 valence electrons. The zero-order valence-electron chi connectivity index (χ0n) is 17.4. The van der Waals surface area contributed by atoms with Gasteiger partial charge >= 0.3 is 0 Å². The van der Waals surface area contributed by atoms with Crippen LogP contribution in [0.15, 0.2) is 54.7 Å². The Labute approximate surface area is 182 Å². The van der Waals surface area contributed by atoms with Gasteiger partial charge in [-0.3, -0.25) is 4.98 Å². The molecule has 0 bridgehead atoms. The van der Waals surface area contributed by atoms with E-state index in [0.29, 0.717) is 18.3 Å². The highest BCUT2D eigenvalue weighted by Gasteiger charge is 2.41. The van der Waals surface area contributed by atoms with Gasteiger partial charge in [-0.25, -0.2) is 0 Å². The summed E-state index contributed by atoms with van der Waals surface area (Å²) in [7, 11) is 1.70. The van der Waals surface area contributed by atoms with Gasteiger partial charge in [0, 0.05) is 31.2 Å². The van der Waals surface area contributed by atoms with Crippen LogP contribution in [0.1, 0.15) is 34.7 Å². The number of aromatic hydroxyl groups is 1. The van der Waals surface area contributed by atoms with Gasteiger partial charge in [0.05, 0.1) is 30.1 Å². The number of hydrogen-bond acceptors (Lipinski definition) is 4. The minimum atomic E-state index is -0.0751. The predicted octanol–water partition coefficient (Wildman–Crippen LogP) is 3.81. The number of para-hydroxylation sites is 2. The Morgan fingerprint density at radius 1 is 1.17 bits per heavy atom. The van der Waals surface area contributed by atoms with Gasteiger partial charge in [-0.05, 0) is 62.0 Å². The van der Waals surface area contributed by atoms with Crippen molar-refractivity contribution in [2.24, 2.45) is 0 Å². The molecule has 7 heteroatoms. The van der Waals surface area contributed by atoms with Crippen LogP contribution < -0.4 is 5.32 Å². The van der Waals surface area contributed by atoms with E-state index in [0.717, 1.165) is 28.3 Å². The van der Waals surface area contributed by atoms with Crippen LogP contribution in [0.5, 0.6) is 5.75 Å². The molecular weight excluding hydrogens is 396 g/mol. The lowest BCUT2D eigenvalue weighted by atomic mass is 9.97. The first kappa shape index (κ1) is 20.4. The van der Waals surface area contributed by atoms with Crippen LogP contribution in [-0.2, 0) is 4.74 Å². The lowest BCUT2D eigenvalue weighted by Gasteiger charge is -2.28. The van der Waals surface area contributed by atoms with Crippen molar-refractivity contribution in [1.29, 1.82) is 0 Å². The molecule has 6 nitrogen and oxygen atoms in total. The number of nitrogens with zero attached hydrogens (tertiary/aromatic N) is 3. The van der Waals surface area contributed by atoms with Gasteiger partial charge in [0.25, 0.3) is 0 Å². The average Bonchev–Trinajstić information content (AvgIpc) is 3.23. The van der Waals surface area contributed by atoms with Crippen molar-refractivity contribution in [3.63, 3.8) is 0 Å². The van der Waals surface area contributed by atoms with Crippen molar-refractivity contribution < 1.29 is 9.84 Å². The van der Waals surface area contributed by atoms with E-state index in [2.05, 4.69) is 39.7 Å². The minimum Gasteiger partial charge on any atom is -0.506 e. The number of methoxy groups -OCH3 is 1. The molecule has 1 saturated heterocycles. The van der Waals surface area contributed by atoms with E-state index in [1.165, 1.54) is 0 Å². The summed E-state index contributed by atoms with van der Waals surface area (Å²) in [6, 6.07) is 15.4. The number of phenolic OH excluding ortho intramolecular Hbond substituents is 1. The second-order valence-electron chi connectivity index (χ2n) is 7.46. The second kappa shape index (κ2) is 8.45. The van der Waals surface area contributed by atoms with Crippen molar-refractivity contribution in [2.45, 2.75) is 25.9 Å². The van der Waals surface area contributed by atoms with E-state index in [9.17, 15) is 5.11 Å². The van der Waals surface area contributed by atoms with E-state index in [4.69, 9.17) is 17.0 Å². The maximum atomic E-state index is 10.4. The van der Waals surface area contributed by atoms with E-state index in [1.54, 1.807) is 19.4 Å². The highest BCUT2D eigenvalue weighted by atomic mass is 32.1. The van der Waals surface area contributed by atoms with E-state index in [1.807, 2.05) is 36.4 Å². The molecule has 1 fully saturated rings. The molecule has 1 aliphatic heterocycles. The summed E-state index contributed by atoms with van der Waals surface area (Å²) in [4.78, 5) is 6.77. The van der Waals surface area contributed by atoms with Crippen molar-refractivity contribution >= 4 is 17.3 Å². The Bertz CT molecular complexity index is 1050. The lowest BCUT2D eigenvalue weighted by Crippen LogP contribution is -2.32. The van der Waals surface area contributed by atoms with Crippen molar-refractivity contribution in [3.05, 3.63) is 77.4 Å². The van der Waals surface area contributed by atoms with Crippen LogP contribution in [0.4, 0.5) is 0 Å². The molecule has 2 atom stereocenters. The van der Waals surface area contributed by atoms with E-state index < -0.39 is 0 Å². The molecule has 2 aromatic heterocycles. The highest BCUT2D eigenvalue weighted by molar-refractivity contribution is 7.80.